The molecule has 2 aromatic heterocycles. The molecule has 3 rings (SSSR count). The molecule has 0 amide bonds. The maximum absolute atomic E-state index is 9.65. The maximum Gasteiger partial charge on any atom is 0.225 e. The van der Waals surface area contributed by atoms with Crippen LogP contribution in [0.4, 0.5) is 11.8 Å². The summed E-state index contributed by atoms with van der Waals surface area (Å²) in [7, 11) is 0. The van der Waals surface area contributed by atoms with Crippen molar-refractivity contribution in [3.8, 4) is 11.3 Å². The Morgan fingerprint density at radius 1 is 1.25 bits per heavy atom. The van der Waals surface area contributed by atoms with Gasteiger partial charge in [0, 0.05) is 30.6 Å². The average Bonchev–Trinajstić information content (AvgIpc) is 2.73. The minimum Gasteiger partial charge on any atom is -0.394 e. The topological polar surface area (TPSA) is 95.0 Å². The van der Waals surface area contributed by atoms with Crippen LogP contribution in [0.3, 0.4) is 0 Å². The Kier molecular flexibility index (Phi) is 7.56. The number of aliphatic hydroxyl groups excluding tert-OH is 1. The molecule has 0 saturated carbocycles. The summed E-state index contributed by atoms with van der Waals surface area (Å²) in [6, 6.07) is 5.77. The van der Waals surface area contributed by atoms with Gasteiger partial charge in [0.05, 0.1) is 18.3 Å². The second kappa shape index (κ2) is 10.3. The van der Waals surface area contributed by atoms with Crippen LogP contribution in [0, 0.1) is 11.8 Å². The van der Waals surface area contributed by atoms with Crippen LogP contribution in [0.15, 0.2) is 30.6 Å². The number of anilines is 2. The van der Waals surface area contributed by atoms with Gasteiger partial charge >= 0.3 is 0 Å². The van der Waals surface area contributed by atoms with Crippen LogP contribution in [-0.2, 0) is 0 Å². The van der Waals surface area contributed by atoms with E-state index in [9.17, 15) is 5.11 Å². The molecule has 1 fully saturated rings. The number of nitrogens with one attached hydrogen (secondary N) is 3. The lowest BCUT2D eigenvalue weighted by atomic mass is 9.95. The highest BCUT2D eigenvalue weighted by molar-refractivity contribution is 5.63. The third kappa shape index (κ3) is 5.87. The van der Waals surface area contributed by atoms with Crippen LogP contribution in [0.1, 0.15) is 33.1 Å². The van der Waals surface area contributed by atoms with E-state index in [1.807, 2.05) is 18.2 Å². The van der Waals surface area contributed by atoms with Gasteiger partial charge in [0.2, 0.25) is 5.95 Å². The zero-order valence-corrected chi connectivity index (χ0v) is 16.9. The van der Waals surface area contributed by atoms with E-state index in [4.69, 9.17) is 0 Å². The van der Waals surface area contributed by atoms with Crippen molar-refractivity contribution in [2.24, 2.45) is 11.8 Å². The molecule has 0 aromatic carbocycles. The molecule has 7 nitrogen and oxygen atoms in total. The van der Waals surface area contributed by atoms with E-state index < -0.39 is 0 Å². The molecule has 2 aromatic rings. The second-order valence-electron chi connectivity index (χ2n) is 7.79. The summed E-state index contributed by atoms with van der Waals surface area (Å²) < 4.78 is 0. The molecule has 1 atom stereocenters. The van der Waals surface area contributed by atoms with Gasteiger partial charge in [0.25, 0.3) is 0 Å². The summed E-state index contributed by atoms with van der Waals surface area (Å²) in [5.41, 5.74) is 1.76. The fourth-order valence-electron chi connectivity index (χ4n) is 3.43. The first-order valence-corrected chi connectivity index (χ1v) is 10.3. The minimum atomic E-state index is -0.0910. The molecule has 0 aliphatic carbocycles. The third-order valence-electron chi connectivity index (χ3n) is 5.32. The van der Waals surface area contributed by atoms with Crippen molar-refractivity contribution in [1.29, 1.82) is 0 Å². The second-order valence-corrected chi connectivity index (χ2v) is 7.79. The molecule has 0 radical (unpaired) electrons. The SMILES string of the molecule is CC(C)[C@H](CO)Nc1nc(NCCC2CCNCC2)cc(-c2cccnc2)n1. The monoisotopic (exact) mass is 384 g/mol. The molecule has 1 aliphatic heterocycles. The molecule has 152 valence electrons. The first-order valence-electron chi connectivity index (χ1n) is 10.3. The van der Waals surface area contributed by atoms with E-state index in [1.165, 1.54) is 12.8 Å². The van der Waals surface area contributed by atoms with E-state index in [1.54, 1.807) is 12.4 Å². The number of aliphatic hydroxyl groups is 1. The van der Waals surface area contributed by atoms with Crippen molar-refractivity contribution in [3.05, 3.63) is 30.6 Å². The predicted molar refractivity (Wildman–Crippen MR) is 113 cm³/mol. The predicted octanol–water partition coefficient (Wildman–Crippen LogP) is 2.77. The maximum atomic E-state index is 9.65. The molecule has 1 aliphatic rings. The van der Waals surface area contributed by atoms with Crippen molar-refractivity contribution in [3.63, 3.8) is 0 Å². The molecule has 0 spiro atoms. The first-order chi connectivity index (χ1) is 13.7. The third-order valence-corrected chi connectivity index (χ3v) is 5.32. The zero-order valence-electron chi connectivity index (χ0n) is 16.9. The van der Waals surface area contributed by atoms with Gasteiger partial charge in [-0.2, -0.15) is 4.98 Å². The number of hydrogen-bond donors (Lipinski definition) is 4. The number of piperidine rings is 1. The lowest BCUT2D eigenvalue weighted by Crippen LogP contribution is -2.30. The van der Waals surface area contributed by atoms with E-state index >= 15 is 0 Å². The van der Waals surface area contributed by atoms with E-state index in [0.717, 1.165) is 49.0 Å². The van der Waals surface area contributed by atoms with E-state index in [0.29, 0.717) is 5.95 Å². The molecular formula is C21H32N6O. The number of pyridine rings is 1. The van der Waals surface area contributed by atoms with E-state index in [-0.39, 0.29) is 18.6 Å². The molecule has 28 heavy (non-hydrogen) atoms. The summed E-state index contributed by atoms with van der Waals surface area (Å²) in [4.78, 5) is 13.5. The molecule has 7 heteroatoms. The quantitative estimate of drug-likeness (QED) is 0.528. The van der Waals surface area contributed by atoms with Crippen molar-refractivity contribution in [2.75, 3.05) is 36.9 Å². The highest BCUT2D eigenvalue weighted by Gasteiger charge is 2.16. The van der Waals surface area contributed by atoms with Crippen LogP contribution in [0.2, 0.25) is 0 Å². The van der Waals surface area contributed by atoms with Crippen molar-refractivity contribution in [1.82, 2.24) is 20.3 Å². The smallest absolute Gasteiger partial charge is 0.225 e. The summed E-state index contributed by atoms with van der Waals surface area (Å²) in [5, 5.41) is 19.8. The molecule has 1 saturated heterocycles. The highest BCUT2D eigenvalue weighted by atomic mass is 16.3. The first kappa shape index (κ1) is 20.5. The summed E-state index contributed by atoms with van der Waals surface area (Å²) in [5.74, 6) is 2.36. The van der Waals surface area contributed by atoms with Gasteiger partial charge in [-0.25, -0.2) is 4.98 Å². The highest BCUT2D eigenvalue weighted by Crippen LogP contribution is 2.22. The zero-order chi connectivity index (χ0) is 19.8. The molecule has 0 unspecified atom stereocenters. The standard InChI is InChI=1S/C21H32N6O/c1-15(2)19(14-28)26-21-25-18(17-4-3-8-23-13-17)12-20(27-21)24-11-7-16-5-9-22-10-6-16/h3-4,8,12-13,15-16,19,22,28H,5-7,9-11,14H2,1-2H3,(H2,24,25,26,27)/t19-/m0/s1. The van der Waals surface area contributed by atoms with Gasteiger partial charge in [-0.1, -0.05) is 13.8 Å². The van der Waals surface area contributed by atoms with Gasteiger partial charge in [0.1, 0.15) is 5.82 Å². The molecule has 3 heterocycles. The molecule has 4 N–H and O–H groups in total. The summed E-state index contributed by atoms with van der Waals surface area (Å²) >= 11 is 0. The fraction of sp³-hybridized carbons (Fsp3) is 0.571. The Balaban J connectivity index is 1.74. The fourth-order valence-corrected chi connectivity index (χ4v) is 3.43. The van der Waals surface area contributed by atoms with Gasteiger partial charge < -0.3 is 21.1 Å². The number of hydrogen-bond acceptors (Lipinski definition) is 7. The van der Waals surface area contributed by atoms with Gasteiger partial charge in [-0.05, 0) is 56.3 Å². The lowest BCUT2D eigenvalue weighted by molar-refractivity contribution is 0.248. The van der Waals surface area contributed by atoms with Crippen LogP contribution in [0.5, 0.6) is 0 Å². The van der Waals surface area contributed by atoms with Crippen LogP contribution >= 0.6 is 0 Å². The van der Waals surface area contributed by atoms with Gasteiger partial charge in [0.15, 0.2) is 0 Å². The largest absolute Gasteiger partial charge is 0.394 e. The normalized spacial score (nSPS) is 16.1. The van der Waals surface area contributed by atoms with Crippen LogP contribution in [0.25, 0.3) is 11.3 Å². The number of nitrogens with zero attached hydrogens (tertiary/aromatic N) is 3. The van der Waals surface area contributed by atoms with Crippen molar-refractivity contribution < 1.29 is 5.11 Å². The van der Waals surface area contributed by atoms with Crippen molar-refractivity contribution in [2.45, 2.75) is 39.2 Å². The van der Waals surface area contributed by atoms with E-state index in [2.05, 4.69) is 44.7 Å². The van der Waals surface area contributed by atoms with Gasteiger partial charge in [-0.3, -0.25) is 4.98 Å². The average molecular weight is 385 g/mol. The Bertz CT molecular complexity index is 718. The van der Waals surface area contributed by atoms with Gasteiger partial charge in [-0.15, -0.1) is 0 Å². The Hall–Kier alpha value is -2.25. The summed E-state index contributed by atoms with van der Waals surface area (Å²) in [6.45, 7) is 7.30. The number of aromatic nitrogens is 3. The lowest BCUT2D eigenvalue weighted by Gasteiger charge is -2.23. The Morgan fingerprint density at radius 3 is 2.75 bits per heavy atom. The Labute approximate surface area is 167 Å². The Morgan fingerprint density at radius 2 is 2.07 bits per heavy atom. The van der Waals surface area contributed by atoms with Crippen LogP contribution in [-0.4, -0.2) is 52.3 Å². The minimum absolute atomic E-state index is 0.0383. The van der Waals surface area contributed by atoms with Crippen LogP contribution < -0.4 is 16.0 Å². The molecule has 0 bridgehead atoms. The molecular weight excluding hydrogens is 352 g/mol. The van der Waals surface area contributed by atoms with Crippen molar-refractivity contribution >= 4 is 11.8 Å². The summed E-state index contributed by atoms with van der Waals surface area (Å²) in [6.07, 6.45) is 7.18. The number of rotatable bonds is 9.